The van der Waals surface area contributed by atoms with Crippen molar-refractivity contribution in [1.82, 2.24) is 9.55 Å². The Morgan fingerprint density at radius 2 is 2.00 bits per heavy atom. The van der Waals surface area contributed by atoms with Crippen LogP contribution in [-0.2, 0) is 17.8 Å². The maximum absolute atomic E-state index is 13.1. The second-order valence-electron chi connectivity index (χ2n) is 4.71. The van der Waals surface area contributed by atoms with Gasteiger partial charge in [0, 0.05) is 6.42 Å². The lowest BCUT2D eigenvalue weighted by molar-refractivity contribution is -0.118. The number of carbonyl (C=O) groups excluding carboxylic acids is 1. The maximum atomic E-state index is 13.1. The Hall–Kier alpha value is -2.49. The van der Waals surface area contributed by atoms with Gasteiger partial charge in [-0.05, 0) is 29.8 Å². The normalized spacial score (nSPS) is 10.8. The van der Waals surface area contributed by atoms with E-state index in [-0.39, 0.29) is 24.6 Å². The molecule has 0 radical (unpaired) electrons. The quantitative estimate of drug-likeness (QED) is 0.729. The van der Waals surface area contributed by atoms with Crippen molar-refractivity contribution in [3.05, 3.63) is 66.2 Å². The average Bonchev–Trinajstić information content (AvgIpc) is 2.82. The monoisotopic (exact) mass is 268 g/mol. The average molecular weight is 268 g/mol. The molecule has 0 bridgehead atoms. The lowest BCUT2D eigenvalue weighted by atomic mass is 10.1. The van der Waals surface area contributed by atoms with Crippen LogP contribution in [0.15, 0.2) is 54.9 Å². The fourth-order valence-electron chi connectivity index (χ4n) is 2.26. The van der Waals surface area contributed by atoms with Crippen molar-refractivity contribution in [3.8, 4) is 0 Å². The molecule has 1 heterocycles. The zero-order valence-electron chi connectivity index (χ0n) is 10.8. The first-order valence-electron chi connectivity index (χ1n) is 6.38. The smallest absolute Gasteiger partial charge is 0.156 e. The van der Waals surface area contributed by atoms with Crippen LogP contribution >= 0.6 is 0 Å². The molecule has 0 amide bonds. The van der Waals surface area contributed by atoms with Crippen molar-refractivity contribution in [2.24, 2.45) is 0 Å². The van der Waals surface area contributed by atoms with E-state index in [1.807, 2.05) is 28.8 Å². The Morgan fingerprint density at radius 1 is 1.15 bits per heavy atom. The van der Waals surface area contributed by atoms with Gasteiger partial charge >= 0.3 is 0 Å². The fraction of sp³-hybridized carbons (Fsp3) is 0.125. The molecule has 2 aromatic carbocycles. The molecule has 0 aliphatic rings. The molecular formula is C16H13FN2O. The van der Waals surface area contributed by atoms with Gasteiger partial charge in [0.25, 0.3) is 0 Å². The first-order chi connectivity index (χ1) is 9.72. The van der Waals surface area contributed by atoms with Crippen LogP contribution < -0.4 is 0 Å². The second kappa shape index (κ2) is 5.25. The van der Waals surface area contributed by atoms with E-state index in [0.717, 1.165) is 11.0 Å². The van der Waals surface area contributed by atoms with Crippen LogP contribution in [0.1, 0.15) is 5.56 Å². The number of hydrogen-bond donors (Lipinski definition) is 0. The number of Topliss-reactive ketones (excluding diaryl/α,β-unsaturated/α-hetero) is 1. The van der Waals surface area contributed by atoms with E-state index in [0.29, 0.717) is 5.56 Å². The second-order valence-corrected chi connectivity index (χ2v) is 4.71. The minimum absolute atomic E-state index is 0.0266. The van der Waals surface area contributed by atoms with Crippen molar-refractivity contribution in [3.63, 3.8) is 0 Å². The van der Waals surface area contributed by atoms with Crippen molar-refractivity contribution in [2.75, 3.05) is 0 Å². The first kappa shape index (κ1) is 12.5. The van der Waals surface area contributed by atoms with Crippen molar-refractivity contribution in [2.45, 2.75) is 13.0 Å². The van der Waals surface area contributed by atoms with Crippen LogP contribution in [0.25, 0.3) is 11.0 Å². The standard InChI is InChI=1S/C16H13FN2O/c17-13-5-3-4-12(8-13)9-14(20)10-19-11-18-15-6-1-2-7-16(15)19/h1-8,11H,9-10H2. The zero-order valence-corrected chi connectivity index (χ0v) is 10.8. The maximum Gasteiger partial charge on any atom is 0.156 e. The molecule has 0 saturated heterocycles. The third-order valence-corrected chi connectivity index (χ3v) is 3.16. The van der Waals surface area contributed by atoms with Crippen LogP contribution in [0.4, 0.5) is 4.39 Å². The molecule has 1 aromatic heterocycles. The zero-order chi connectivity index (χ0) is 13.9. The summed E-state index contributed by atoms with van der Waals surface area (Å²) in [4.78, 5) is 16.3. The molecule has 0 aliphatic carbocycles. The summed E-state index contributed by atoms with van der Waals surface area (Å²) in [7, 11) is 0. The molecule has 4 heteroatoms. The predicted molar refractivity (Wildman–Crippen MR) is 74.8 cm³/mol. The Kier molecular flexibility index (Phi) is 3.29. The number of nitrogens with zero attached hydrogens (tertiary/aromatic N) is 2. The summed E-state index contributed by atoms with van der Waals surface area (Å²) in [6.07, 6.45) is 1.89. The van der Waals surface area contributed by atoms with Crippen LogP contribution in [0.2, 0.25) is 0 Å². The van der Waals surface area contributed by atoms with Crippen LogP contribution in [-0.4, -0.2) is 15.3 Å². The summed E-state index contributed by atoms with van der Waals surface area (Å²) in [5.74, 6) is -0.290. The molecule has 0 spiro atoms. The van der Waals surface area contributed by atoms with E-state index in [1.54, 1.807) is 18.5 Å². The van der Waals surface area contributed by atoms with Crippen molar-refractivity contribution < 1.29 is 9.18 Å². The van der Waals surface area contributed by atoms with Crippen LogP contribution in [0, 0.1) is 5.82 Å². The number of halogens is 1. The number of carbonyl (C=O) groups is 1. The van der Waals surface area contributed by atoms with Gasteiger partial charge in [-0.25, -0.2) is 9.37 Å². The highest BCUT2D eigenvalue weighted by atomic mass is 19.1. The van der Waals surface area contributed by atoms with Crippen molar-refractivity contribution in [1.29, 1.82) is 0 Å². The Labute approximate surface area is 115 Å². The summed E-state index contributed by atoms with van der Waals surface area (Å²) in [6.45, 7) is 0.247. The molecule has 20 heavy (non-hydrogen) atoms. The van der Waals surface area contributed by atoms with Crippen LogP contribution in [0.3, 0.4) is 0 Å². The van der Waals surface area contributed by atoms with Crippen molar-refractivity contribution >= 4 is 16.8 Å². The molecule has 0 fully saturated rings. The Morgan fingerprint density at radius 3 is 2.85 bits per heavy atom. The van der Waals surface area contributed by atoms with Gasteiger partial charge in [-0.2, -0.15) is 0 Å². The minimum Gasteiger partial charge on any atom is -0.323 e. The lowest BCUT2D eigenvalue weighted by Crippen LogP contribution is -2.11. The highest BCUT2D eigenvalue weighted by Crippen LogP contribution is 2.12. The number of rotatable bonds is 4. The van der Waals surface area contributed by atoms with E-state index in [2.05, 4.69) is 4.98 Å². The fourth-order valence-corrected chi connectivity index (χ4v) is 2.26. The molecule has 3 nitrogen and oxygen atoms in total. The van der Waals surface area contributed by atoms with Gasteiger partial charge in [0.05, 0.1) is 23.9 Å². The number of aromatic nitrogens is 2. The van der Waals surface area contributed by atoms with Gasteiger partial charge in [-0.3, -0.25) is 4.79 Å². The topological polar surface area (TPSA) is 34.9 Å². The summed E-state index contributed by atoms with van der Waals surface area (Å²) < 4.78 is 14.9. The summed E-state index contributed by atoms with van der Waals surface area (Å²) in [5.41, 5.74) is 2.49. The van der Waals surface area contributed by atoms with Gasteiger partial charge in [0.1, 0.15) is 5.82 Å². The Balaban J connectivity index is 1.76. The third kappa shape index (κ3) is 2.59. The molecule has 0 atom stereocenters. The minimum atomic E-state index is -0.316. The third-order valence-electron chi connectivity index (χ3n) is 3.16. The number of fused-ring (bicyclic) bond motifs is 1. The Bertz CT molecular complexity index is 764. The van der Waals surface area contributed by atoms with E-state index in [4.69, 9.17) is 0 Å². The van der Waals surface area contributed by atoms with Gasteiger partial charge in [0.2, 0.25) is 0 Å². The number of para-hydroxylation sites is 2. The first-order valence-corrected chi connectivity index (χ1v) is 6.38. The molecule has 3 rings (SSSR count). The van der Waals surface area contributed by atoms with Crippen LogP contribution in [0.5, 0.6) is 0 Å². The lowest BCUT2D eigenvalue weighted by Gasteiger charge is -2.04. The van der Waals surface area contributed by atoms with Gasteiger partial charge < -0.3 is 4.57 Å². The largest absolute Gasteiger partial charge is 0.323 e. The van der Waals surface area contributed by atoms with E-state index in [1.165, 1.54) is 12.1 Å². The highest BCUT2D eigenvalue weighted by Gasteiger charge is 2.08. The molecule has 0 N–H and O–H groups in total. The number of ketones is 1. The van der Waals surface area contributed by atoms with Gasteiger partial charge in [0.15, 0.2) is 5.78 Å². The molecule has 3 aromatic rings. The van der Waals surface area contributed by atoms with E-state index >= 15 is 0 Å². The highest BCUT2D eigenvalue weighted by molar-refractivity contribution is 5.83. The summed E-state index contributed by atoms with van der Waals surface area (Å²) >= 11 is 0. The molecule has 0 saturated carbocycles. The molecular weight excluding hydrogens is 255 g/mol. The summed E-state index contributed by atoms with van der Waals surface area (Å²) in [5, 5.41) is 0. The van der Waals surface area contributed by atoms with E-state index < -0.39 is 0 Å². The number of benzene rings is 2. The SMILES string of the molecule is O=C(Cc1cccc(F)c1)Cn1cnc2ccccc21. The van der Waals surface area contributed by atoms with E-state index in [9.17, 15) is 9.18 Å². The molecule has 100 valence electrons. The number of imidazole rings is 1. The summed E-state index contributed by atoms with van der Waals surface area (Å²) in [6, 6.07) is 13.8. The molecule has 0 aliphatic heterocycles. The predicted octanol–water partition coefficient (Wildman–Crippen LogP) is 2.99. The number of hydrogen-bond acceptors (Lipinski definition) is 2. The molecule has 0 unspecified atom stereocenters. The van der Waals surface area contributed by atoms with Gasteiger partial charge in [-0.15, -0.1) is 0 Å². The van der Waals surface area contributed by atoms with Gasteiger partial charge in [-0.1, -0.05) is 24.3 Å².